The molecule has 0 fully saturated rings. The fraction of sp³-hybridized carbons (Fsp3) is 0.222. The molecule has 0 saturated heterocycles. The number of halogens is 2. The number of hydrogen-bond acceptors (Lipinski definition) is 3. The van der Waals surface area contributed by atoms with Crippen molar-refractivity contribution in [3.63, 3.8) is 0 Å². The summed E-state index contributed by atoms with van der Waals surface area (Å²) < 4.78 is 18.4. The van der Waals surface area contributed by atoms with Crippen molar-refractivity contribution in [2.45, 2.75) is 13.3 Å². The van der Waals surface area contributed by atoms with E-state index in [9.17, 15) is 4.39 Å². The van der Waals surface area contributed by atoms with Crippen LogP contribution in [0.5, 0.6) is 0 Å². The number of aromatic nitrogens is 1. The zero-order valence-corrected chi connectivity index (χ0v) is 8.23. The summed E-state index contributed by atoms with van der Waals surface area (Å²) in [6.45, 7) is 1.88. The van der Waals surface area contributed by atoms with E-state index in [4.69, 9.17) is 21.8 Å². The van der Waals surface area contributed by atoms with Crippen LogP contribution in [-0.4, -0.2) is 4.98 Å². The van der Waals surface area contributed by atoms with E-state index in [-0.39, 0.29) is 10.7 Å². The maximum atomic E-state index is 13.1. The molecular weight excluding hydrogens is 207 g/mol. The van der Waals surface area contributed by atoms with Gasteiger partial charge in [0.15, 0.2) is 11.5 Å². The molecule has 3 nitrogen and oxygen atoms in total. The molecule has 0 aliphatic heterocycles. The standard InChI is InChI=1S/C9H8ClFN2O/c1-2-6-13-8-7(12)5(11)3-4(10)9(8)14-6/h3H,2,12H2,1H3. The highest BCUT2D eigenvalue weighted by molar-refractivity contribution is 6.35. The van der Waals surface area contributed by atoms with Crippen molar-refractivity contribution in [3.8, 4) is 0 Å². The molecular formula is C9H8ClFN2O. The van der Waals surface area contributed by atoms with Crippen molar-refractivity contribution >= 4 is 28.4 Å². The number of nitrogens with zero attached hydrogens (tertiary/aromatic N) is 1. The van der Waals surface area contributed by atoms with Gasteiger partial charge < -0.3 is 10.2 Å². The summed E-state index contributed by atoms with van der Waals surface area (Å²) in [5.41, 5.74) is 6.13. The molecule has 0 unspecified atom stereocenters. The lowest BCUT2D eigenvalue weighted by Gasteiger charge is -1.97. The van der Waals surface area contributed by atoms with Gasteiger partial charge in [-0.25, -0.2) is 9.37 Å². The van der Waals surface area contributed by atoms with E-state index >= 15 is 0 Å². The lowest BCUT2D eigenvalue weighted by atomic mass is 10.2. The van der Waals surface area contributed by atoms with E-state index < -0.39 is 5.82 Å². The van der Waals surface area contributed by atoms with Crippen LogP contribution in [0.15, 0.2) is 10.5 Å². The molecule has 0 aliphatic carbocycles. The van der Waals surface area contributed by atoms with Crippen molar-refractivity contribution in [1.29, 1.82) is 0 Å². The van der Waals surface area contributed by atoms with Crippen LogP contribution in [0.3, 0.4) is 0 Å². The van der Waals surface area contributed by atoms with Crippen molar-refractivity contribution in [2.24, 2.45) is 0 Å². The van der Waals surface area contributed by atoms with Gasteiger partial charge in [-0.3, -0.25) is 0 Å². The average Bonchev–Trinajstić information content (AvgIpc) is 2.58. The molecule has 1 heterocycles. The van der Waals surface area contributed by atoms with Crippen LogP contribution >= 0.6 is 11.6 Å². The molecule has 1 aromatic carbocycles. The molecule has 0 bridgehead atoms. The van der Waals surface area contributed by atoms with Gasteiger partial charge in [-0.05, 0) is 6.07 Å². The molecule has 2 rings (SSSR count). The Kier molecular flexibility index (Phi) is 2.07. The summed E-state index contributed by atoms with van der Waals surface area (Å²) in [6.07, 6.45) is 0.617. The molecule has 74 valence electrons. The van der Waals surface area contributed by atoms with Crippen molar-refractivity contribution in [1.82, 2.24) is 4.98 Å². The second-order valence-electron chi connectivity index (χ2n) is 2.89. The Morgan fingerprint density at radius 1 is 1.64 bits per heavy atom. The Bertz CT molecular complexity index is 495. The number of oxazole rings is 1. The summed E-state index contributed by atoms with van der Waals surface area (Å²) in [6, 6.07) is 1.13. The van der Waals surface area contributed by atoms with Gasteiger partial charge in [0.2, 0.25) is 0 Å². The second kappa shape index (κ2) is 3.13. The number of benzene rings is 1. The first-order valence-corrected chi connectivity index (χ1v) is 4.54. The number of nitrogen functional groups attached to an aromatic ring is 1. The van der Waals surface area contributed by atoms with Gasteiger partial charge in [0.25, 0.3) is 0 Å². The number of fused-ring (bicyclic) bond motifs is 1. The van der Waals surface area contributed by atoms with E-state index in [1.54, 1.807) is 0 Å². The molecule has 0 radical (unpaired) electrons. The number of hydrogen-bond donors (Lipinski definition) is 1. The first-order chi connectivity index (χ1) is 6.63. The molecule has 14 heavy (non-hydrogen) atoms. The maximum Gasteiger partial charge on any atom is 0.195 e. The van der Waals surface area contributed by atoms with Crippen LogP contribution in [0.2, 0.25) is 5.02 Å². The molecule has 0 atom stereocenters. The number of rotatable bonds is 1. The van der Waals surface area contributed by atoms with E-state index in [2.05, 4.69) is 4.98 Å². The van der Waals surface area contributed by atoms with Gasteiger partial charge in [0.05, 0.1) is 10.7 Å². The minimum atomic E-state index is -0.571. The zero-order chi connectivity index (χ0) is 10.3. The summed E-state index contributed by atoms with van der Waals surface area (Å²) in [7, 11) is 0. The first kappa shape index (κ1) is 9.27. The molecule has 0 amide bonds. The number of aryl methyl sites for hydroxylation is 1. The highest BCUT2D eigenvalue weighted by Crippen LogP contribution is 2.31. The van der Waals surface area contributed by atoms with Crippen LogP contribution in [0.25, 0.3) is 11.1 Å². The van der Waals surface area contributed by atoms with Crippen LogP contribution in [-0.2, 0) is 6.42 Å². The third kappa shape index (κ3) is 1.23. The van der Waals surface area contributed by atoms with E-state index in [1.165, 1.54) is 0 Å². The van der Waals surface area contributed by atoms with Crippen molar-refractivity contribution < 1.29 is 8.81 Å². The lowest BCUT2D eigenvalue weighted by molar-refractivity contribution is 0.537. The predicted molar refractivity (Wildman–Crippen MR) is 52.8 cm³/mol. The van der Waals surface area contributed by atoms with Crippen molar-refractivity contribution in [2.75, 3.05) is 5.73 Å². The lowest BCUT2D eigenvalue weighted by Crippen LogP contribution is -1.92. The Hall–Kier alpha value is -1.29. The predicted octanol–water partition coefficient (Wildman–Crippen LogP) is 2.76. The molecule has 0 saturated carbocycles. The fourth-order valence-electron chi connectivity index (χ4n) is 1.23. The topological polar surface area (TPSA) is 52.0 Å². The molecule has 0 aliphatic rings. The zero-order valence-electron chi connectivity index (χ0n) is 7.47. The van der Waals surface area contributed by atoms with Gasteiger partial charge in [-0.1, -0.05) is 18.5 Å². The third-order valence-corrected chi connectivity index (χ3v) is 2.24. The van der Waals surface area contributed by atoms with E-state index in [0.717, 1.165) is 6.07 Å². The highest BCUT2D eigenvalue weighted by atomic mass is 35.5. The molecule has 5 heteroatoms. The molecule has 2 N–H and O–H groups in total. The van der Waals surface area contributed by atoms with Gasteiger partial charge in [0, 0.05) is 6.42 Å². The van der Waals surface area contributed by atoms with E-state index in [0.29, 0.717) is 23.4 Å². The molecule has 0 spiro atoms. The van der Waals surface area contributed by atoms with E-state index in [1.807, 2.05) is 6.92 Å². The monoisotopic (exact) mass is 214 g/mol. The van der Waals surface area contributed by atoms with Gasteiger partial charge in [-0.2, -0.15) is 0 Å². The number of anilines is 1. The molecule has 1 aromatic heterocycles. The maximum absolute atomic E-state index is 13.1. The van der Waals surface area contributed by atoms with Crippen LogP contribution < -0.4 is 5.73 Å². The van der Waals surface area contributed by atoms with Gasteiger partial charge >= 0.3 is 0 Å². The Balaban J connectivity index is 2.84. The summed E-state index contributed by atoms with van der Waals surface area (Å²) in [4.78, 5) is 4.04. The second-order valence-corrected chi connectivity index (χ2v) is 3.30. The highest BCUT2D eigenvalue weighted by Gasteiger charge is 2.14. The Labute approximate surface area is 84.7 Å². The van der Waals surface area contributed by atoms with Gasteiger partial charge in [-0.15, -0.1) is 0 Å². The first-order valence-electron chi connectivity index (χ1n) is 4.16. The summed E-state index contributed by atoms with van der Waals surface area (Å²) in [5, 5.41) is 0.193. The number of nitrogens with two attached hydrogens (primary N) is 1. The van der Waals surface area contributed by atoms with Gasteiger partial charge in [0.1, 0.15) is 11.3 Å². The van der Waals surface area contributed by atoms with Crippen LogP contribution in [0.4, 0.5) is 10.1 Å². The van der Waals surface area contributed by atoms with Crippen molar-refractivity contribution in [3.05, 3.63) is 22.8 Å². The quantitative estimate of drug-likeness (QED) is 0.743. The van der Waals surface area contributed by atoms with Crippen LogP contribution in [0, 0.1) is 5.82 Å². The molecule has 2 aromatic rings. The summed E-state index contributed by atoms with van der Waals surface area (Å²) >= 11 is 5.78. The summed E-state index contributed by atoms with van der Waals surface area (Å²) in [5.74, 6) is -0.0716. The minimum Gasteiger partial charge on any atom is -0.439 e. The Morgan fingerprint density at radius 2 is 2.36 bits per heavy atom. The normalized spacial score (nSPS) is 11.1. The SMILES string of the molecule is CCc1nc2c(N)c(F)cc(Cl)c2o1. The van der Waals surface area contributed by atoms with Crippen LogP contribution in [0.1, 0.15) is 12.8 Å². The third-order valence-electron chi connectivity index (χ3n) is 1.96. The Morgan fingerprint density at radius 3 is 3.00 bits per heavy atom. The largest absolute Gasteiger partial charge is 0.439 e. The fourth-order valence-corrected chi connectivity index (χ4v) is 1.45. The minimum absolute atomic E-state index is 0.0205. The smallest absolute Gasteiger partial charge is 0.195 e. The average molecular weight is 215 g/mol.